The van der Waals surface area contributed by atoms with E-state index in [0.717, 1.165) is 12.4 Å². The molecule has 0 aromatic carbocycles. The van der Waals surface area contributed by atoms with Gasteiger partial charge in [-0.05, 0) is 42.7 Å². The quantitative estimate of drug-likeness (QED) is 0.864. The molecular formula is C16H27N3O. The van der Waals surface area contributed by atoms with Gasteiger partial charge in [0, 0.05) is 6.54 Å². The fraction of sp³-hybridized carbons (Fsp3) is 0.688. The summed E-state index contributed by atoms with van der Waals surface area (Å²) in [6, 6.07) is 3.75. The first-order chi connectivity index (χ1) is 9.16. The molecule has 4 nitrogen and oxygen atoms in total. The zero-order chi connectivity index (χ0) is 15.1. The topological polar surface area (TPSA) is 60.2 Å². The van der Waals surface area contributed by atoms with Crippen molar-refractivity contribution in [3.05, 3.63) is 12.1 Å². The second-order valence-electron chi connectivity index (χ2n) is 7.13. The molecule has 4 heteroatoms. The highest BCUT2D eigenvalue weighted by Crippen LogP contribution is 2.68. The Morgan fingerprint density at radius 3 is 2.35 bits per heavy atom. The molecule has 1 aromatic rings. The van der Waals surface area contributed by atoms with Crippen LogP contribution >= 0.6 is 0 Å². The molecule has 20 heavy (non-hydrogen) atoms. The molecule has 1 aliphatic rings. The number of hydrogen-bond donors (Lipinski definition) is 2. The van der Waals surface area contributed by atoms with Gasteiger partial charge in [-0.1, -0.05) is 27.7 Å². The van der Waals surface area contributed by atoms with Gasteiger partial charge in [-0.2, -0.15) is 4.98 Å². The summed E-state index contributed by atoms with van der Waals surface area (Å²) in [5.74, 6) is 2.00. The van der Waals surface area contributed by atoms with Crippen molar-refractivity contribution in [2.24, 2.45) is 16.7 Å². The number of anilines is 2. The first kappa shape index (κ1) is 14.9. The zero-order valence-electron chi connectivity index (χ0n) is 13.4. The Morgan fingerprint density at radius 1 is 1.25 bits per heavy atom. The third kappa shape index (κ3) is 2.56. The fourth-order valence-corrected chi connectivity index (χ4v) is 2.92. The van der Waals surface area contributed by atoms with E-state index in [1.54, 1.807) is 0 Å². The Bertz CT molecular complexity index is 480. The van der Waals surface area contributed by atoms with Gasteiger partial charge in [0.2, 0.25) is 5.88 Å². The molecule has 0 radical (unpaired) electrons. The largest absolute Gasteiger partial charge is 0.473 e. The Morgan fingerprint density at radius 2 is 1.85 bits per heavy atom. The number of hydrogen-bond acceptors (Lipinski definition) is 4. The van der Waals surface area contributed by atoms with Gasteiger partial charge in [0.25, 0.3) is 0 Å². The molecule has 1 fully saturated rings. The number of aromatic nitrogens is 1. The highest BCUT2D eigenvalue weighted by molar-refractivity contribution is 5.53. The number of nitrogens with two attached hydrogens (primary N) is 1. The van der Waals surface area contributed by atoms with Crippen LogP contribution in [0.5, 0.6) is 5.88 Å². The lowest BCUT2D eigenvalue weighted by molar-refractivity contribution is 0.234. The maximum absolute atomic E-state index is 5.88. The number of rotatable bonds is 5. The van der Waals surface area contributed by atoms with E-state index in [4.69, 9.17) is 10.5 Å². The van der Waals surface area contributed by atoms with E-state index in [1.807, 2.05) is 26.0 Å². The molecule has 2 rings (SSSR count). The molecule has 1 saturated carbocycles. The van der Waals surface area contributed by atoms with E-state index < -0.39 is 0 Å². The lowest BCUT2D eigenvalue weighted by Gasteiger charge is -2.13. The van der Waals surface area contributed by atoms with Crippen LogP contribution in [0.4, 0.5) is 11.5 Å². The second kappa shape index (κ2) is 4.83. The number of nitrogens with one attached hydrogen (secondary N) is 1. The van der Waals surface area contributed by atoms with Crippen LogP contribution in [-0.2, 0) is 0 Å². The zero-order valence-corrected chi connectivity index (χ0v) is 13.4. The van der Waals surface area contributed by atoms with Gasteiger partial charge in [0.1, 0.15) is 5.82 Å². The van der Waals surface area contributed by atoms with Crippen molar-refractivity contribution >= 4 is 11.5 Å². The predicted octanol–water partition coefficient (Wildman–Crippen LogP) is 3.55. The summed E-state index contributed by atoms with van der Waals surface area (Å²) >= 11 is 0. The van der Waals surface area contributed by atoms with E-state index in [0.29, 0.717) is 28.3 Å². The van der Waals surface area contributed by atoms with Gasteiger partial charge in [-0.15, -0.1) is 0 Å². The standard InChI is InChI=1S/C16H27N3O/c1-10(2)20-14-11(17)7-8-13(19-14)18-9-12-15(3,4)16(12,5)6/h7-8,10,12H,9,17H2,1-6H3,(H,18,19). The van der Waals surface area contributed by atoms with Crippen LogP contribution in [-0.4, -0.2) is 17.6 Å². The SMILES string of the molecule is CC(C)Oc1nc(NCC2C(C)(C)C2(C)C)ccc1N. The third-order valence-corrected chi connectivity index (χ3v) is 5.04. The van der Waals surface area contributed by atoms with Gasteiger partial charge in [-0.3, -0.25) is 0 Å². The number of nitrogens with zero attached hydrogens (tertiary/aromatic N) is 1. The predicted molar refractivity (Wildman–Crippen MR) is 84.0 cm³/mol. The van der Waals surface area contributed by atoms with E-state index in [2.05, 4.69) is 38.0 Å². The number of pyridine rings is 1. The maximum atomic E-state index is 5.88. The Labute approximate surface area is 122 Å². The Kier molecular flexibility index (Phi) is 3.61. The Balaban J connectivity index is 2.01. The minimum Gasteiger partial charge on any atom is -0.473 e. The van der Waals surface area contributed by atoms with Crippen molar-refractivity contribution in [3.63, 3.8) is 0 Å². The first-order valence-electron chi connectivity index (χ1n) is 7.33. The van der Waals surface area contributed by atoms with Gasteiger partial charge in [0.05, 0.1) is 11.8 Å². The van der Waals surface area contributed by atoms with Crippen molar-refractivity contribution in [1.29, 1.82) is 0 Å². The molecule has 1 aliphatic carbocycles. The monoisotopic (exact) mass is 277 g/mol. The normalized spacial score (nSPS) is 19.9. The van der Waals surface area contributed by atoms with Crippen LogP contribution in [0.2, 0.25) is 0 Å². The van der Waals surface area contributed by atoms with Gasteiger partial charge in [-0.25, -0.2) is 0 Å². The lowest BCUT2D eigenvalue weighted by atomic mass is 10.0. The minimum atomic E-state index is 0.0707. The van der Waals surface area contributed by atoms with Crippen LogP contribution in [0.1, 0.15) is 41.5 Å². The highest BCUT2D eigenvalue weighted by Gasteiger charge is 2.64. The average molecular weight is 277 g/mol. The molecular weight excluding hydrogens is 250 g/mol. The van der Waals surface area contributed by atoms with Crippen LogP contribution < -0.4 is 15.8 Å². The van der Waals surface area contributed by atoms with E-state index in [-0.39, 0.29) is 6.10 Å². The Hall–Kier alpha value is -1.45. The van der Waals surface area contributed by atoms with E-state index >= 15 is 0 Å². The molecule has 0 unspecified atom stereocenters. The molecule has 0 bridgehead atoms. The maximum Gasteiger partial charge on any atom is 0.239 e. The summed E-state index contributed by atoms with van der Waals surface area (Å²) in [5, 5.41) is 3.41. The fourth-order valence-electron chi connectivity index (χ4n) is 2.92. The van der Waals surface area contributed by atoms with Gasteiger partial charge in [0.15, 0.2) is 0 Å². The summed E-state index contributed by atoms with van der Waals surface area (Å²) in [6.07, 6.45) is 0.0707. The van der Waals surface area contributed by atoms with Gasteiger partial charge < -0.3 is 15.8 Å². The molecule has 1 aromatic heterocycles. The minimum absolute atomic E-state index is 0.0707. The molecule has 0 saturated heterocycles. The van der Waals surface area contributed by atoms with E-state index in [9.17, 15) is 0 Å². The number of ether oxygens (including phenoxy) is 1. The molecule has 1 heterocycles. The second-order valence-corrected chi connectivity index (χ2v) is 7.13. The summed E-state index contributed by atoms with van der Waals surface area (Å²) < 4.78 is 5.61. The van der Waals surface area contributed by atoms with Crippen molar-refractivity contribution in [3.8, 4) is 5.88 Å². The lowest BCUT2D eigenvalue weighted by Crippen LogP contribution is -2.12. The summed E-state index contributed by atoms with van der Waals surface area (Å²) in [6.45, 7) is 14.2. The number of nitrogen functional groups attached to an aromatic ring is 1. The summed E-state index contributed by atoms with van der Waals surface area (Å²) in [4.78, 5) is 4.45. The molecule has 3 N–H and O–H groups in total. The van der Waals surface area contributed by atoms with Crippen molar-refractivity contribution in [2.75, 3.05) is 17.6 Å². The highest BCUT2D eigenvalue weighted by atomic mass is 16.5. The molecule has 112 valence electrons. The van der Waals surface area contributed by atoms with Crippen molar-refractivity contribution in [2.45, 2.75) is 47.6 Å². The van der Waals surface area contributed by atoms with Crippen LogP contribution in [0.3, 0.4) is 0 Å². The van der Waals surface area contributed by atoms with Gasteiger partial charge >= 0.3 is 0 Å². The van der Waals surface area contributed by atoms with Crippen LogP contribution in [0, 0.1) is 16.7 Å². The third-order valence-electron chi connectivity index (χ3n) is 5.04. The van der Waals surface area contributed by atoms with E-state index in [1.165, 1.54) is 0 Å². The first-order valence-corrected chi connectivity index (χ1v) is 7.33. The molecule has 0 aliphatic heterocycles. The van der Waals surface area contributed by atoms with Crippen LogP contribution in [0.15, 0.2) is 12.1 Å². The molecule has 0 amide bonds. The smallest absolute Gasteiger partial charge is 0.239 e. The average Bonchev–Trinajstić information content (AvgIpc) is 2.70. The molecule has 0 spiro atoms. The summed E-state index contributed by atoms with van der Waals surface area (Å²) in [5.41, 5.74) is 7.22. The van der Waals surface area contributed by atoms with Crippen molar-refractivity contribution < 1.29 is 4.74 Å². The van der Waals surface area contributed by atoms with Crippen molar-refractivity contribution in [1.82, 2.24) is 4.98 Å². The van der Waals surface area contributed by atoms with Crippen LogP contribution in [0.25, 0.3) is 0 Å². The molecule has 0 atom stereocenters. The summed E-state index contributed by atoms with van der Waals surface area (Å²) in [7, 11) is 0.